The van der Waals surface area contributed by atoms with E-state index >= 15 is 0 Å². The summed E-state index contributed by atoms with van der Waals surface area (Å²) < 4.78 is 1.33. The number of benzene rings is 1. The van der Waals surface area contributed by atoms with Gasteiger partial charge in [-0.25, -0.2) is 0 Å². The Bertz CT molecular complexity index is 143. The first-order chi connectivity index (χ1) is 3.79. The van der Waals surface area contributed by atoms with Crippen LogP contribution in [0.1, 0.15) is 5.56 Å². The van der Waals surface area contributed by atoms with Crippen molar-refractivity contribution in [1.82, 2.24) is 0 Å². The molecule has 0 aliphatic rings. The Hall–Kier alpha value is -0.237. The molecule has 1 aromatic rings. The molecule has 0 heterocycles. The summed E-state index contributed by atoms with van der Waals surface area (Å²) in [6, 6.07) is 8.48. The predicted octanol–water partition coefficient (Wildman–Crippen LogP) is 0.789. The second kappa shape index (κ2) is 2.36. The molecule has 0 aliphatic carbocycles. The predicted molar refractivity (Wildman–Crippen MR) is 36.6 cm³/mol. The average Bonchev–Trinajstić information content (AvgIpc) is 1.77. The third kappa shape index (κ3) is 1.37. The van der Waals surface area contributed by atoms with Crippen molar-refractivity contribution in [2.45, 2.75) is 6.92 Å². The van der Waals surface area contributed by atoms with Gasteiger partial charge in [0.2, 0.25) is 0 Å². The Balaban J connectivity index is 3.03. The van der Waals surface area contributed by atoms with Crippen molar-refractivity contribution in [2.75, 3.05) is 0 Å². The summed E-state index contributed by atoms with van der Waals surface area (Å²) in [7, 11) is 0. The van der Waals surface area contributed by atoms with Crippen molar-refractivity contribution >= 4 is 20.9 Å². The average molecular weight is 164 g/mol. The van der Waals surface area contributed by atoms with Crippen molar-refractivity contribution in [3.05, 3.63) is 29.8 Å². The van der Waals surface area contributed by atoms with Crippen molar-refractivity contribution in [3.8, 4) is 0 Å². The van der Waals surface area contributed by atoms with E-state index in [4.69, 9.17) is 0 Å². The molecule has 0 N–H and O–H groups in total. The standard InChI is InChI=1S/C7H7Ge/c1-6-2-4-7(8)5-3-6/h2-5H,1H3. The van der Waals surface area contributed by atoms with Gasteiger partial charge in [-0.15, -0.1) is 0 Å². The zero-order valence-corrected chi connectivity index (χ0v) is 6.91. The van der Waals surface area contributed by atoms with Crippen molar-refractivity contribution in [3.63, 3.8) is 0 Å². The molecule has 0 nitrogen and oxygen atoms in total. The molecule has 0 amide bonds. The molecular weight excluding hydrogens is 157 g/mol. The van der Waals surface area contributed by atoms with Crippen LogP contribution in [-0.2, 0) is 0 Å². The molecule has 0 saturated heterocycles. The van der Waals surface area contributed by atoms with Crippen LogP contribution in [0.2, 0.25) is 0 Å². The monoisotopic (exact) mass is 165 g/mol. The third-order valence-electron chi connectivity index (χ3n) is 1.05. The molecule has 0 aromatic heterocycles. The fraction of sp³-hybridized carbons (Fsp3) is 0.143. The first-order valence-corrected chi connectivity index (χ1v) is 3.62. The molecule has 1 heteroatoms. The fourth-order valence-electron chi connectivity index (χ4n) is 0.554. The van der Waals surface area contributed by atoms with Gasteiger partial charge in [0.1, 0.15) is 0 Å². The van der Waals surface area contributed by atoms with Gasteiger partial charge in [0.05, 0.1) is 0 Å². The summed E-state index contributed by atoms with van der Waals surface area (Å²) >= 11 is 2.10. The minimum absolute atomic E-state index is 1.33. The quantitative estimate of drug-likeness (QED) is 0.497. The van der Waals surface area contributed by atoms with E-state index in [2.05, 4.69) is 47.7 Å². The SMILES string of the molecule is Cc1cc[c]([Ge])cc1. The van der Waals surface area contributed by atoms with Crippen LogP contribution >= 0.6 is 0 Å². The van der Waals surface area contributed by atoms with E-state index in [1.165, 1.54) is 9.96 Å². The number of rotatable bonds is 0. The molecule has 0 bridgehead atoms. The van der Waals surface area contributed by atoms with Crippen LogP contribution in [0.5, 0.6) is 0 Å². The van der Waals surface area contributed by atoms with E-state index in [0.717, 1.165) is 0 Å². The molecule has 1 rings (SSSR count). The molecule has 0 unspecified atom stereocenters. The summed E-state index contributed by atoms with van der Waals surface area (Å²) in [6.07, 6.45) is 0. The zero-order valence-electron chi connectivity index (χ0n) is 4.81. The van der Waals surface area contributed by atoms with Gasteiger partial charge in [0.25, 0.3) is 0 Å². The van der Waals surface area contributed by atoms with Crippen molar-refractivity contribution in [1.29, 1.82) is 0 Å². The maximum absolute atomic E-state index is 2.12. The van der Waals surface area contributed by atoms with Gasteiger partial charge in [-0.2, -0.15) is 0 Å². The van der Waals surface area contributed by atoms with Crippen LogP contribution in [0.4, 0.5) is 0 Å². The molecule has 1 aromatic carbocycles. The normalized spacial score (nSPS) is 9.25. The Morgan fingerprint density at radius 1 is 1.12 bits per heavy atom. The van der Waals surface area contributed by atoms with Gasteiger partial charge in [-0.05, 0) is 0 Å². The third-order valence-corrected chi connectivity index (χ3v) is 1.75. The Morgan fingerprint density at radius 3 is 2.00 bits per heavy atom. The van der Waals surface area contributed by atoms with Gasteiger partial charge in [-0.3, -0.25) is 0 Å². The van der Waals surface area contributed by atoms with Crippen LogP contribution in [0.3, 0.4) is 0 Å². The number of aryl methyl sites for hydroxylation is 1. The molecule has 0 fully saturated rings. The van der Waals surface area contributed by atoms with Gasteiger partial charge in [0.15, 0.2) is 0 Å². The second-order valence-electron chi connectivity index (χ2n) is 1.87. The summed E-state index contributed by atoms with van der Waals surface area (Å²) in [5.74, 6) is 0. The van der Waals surface area contributed by atoms with Crippen LogP contribution in [0.15, 0.2) is 24.3 Å². The molecular formula is C7H7Ge. The molecule has 0 aliphatic heterocycles. The van der Waals surface area contributed by atoms with E-state index < -0.39 is 0 Å². The zero-order chi connectivity index (χ0) is 5.98. The van der Waals surface area contributed by atoms with Gasteiger partial charge in [-0.1, -0.05) is 0 Å². The first-order valence-electron chi connectivity index (χ1n) is 2.57. The topological polar surface area (TPSA) is 0 Å². The molecule has 0 spiro atoms. The van der Waals surface area contributed by atoms with Crippen LogP contribution in [0, 0.1) is 6.92 Å². The van der Waals surface area contributed by atoms with E-state index in [1.54, 1.807) is 0 Å². The Labute approximate surface area is 58.1 Å². The van der Waals surface area contributed by atoms with Crippen molar-refractivity contribution < 1.29 is 0 Å². The Morgan fingerprint density at radius 2 is 1.62 bits per heavy atom. The van der Waals surface area contributed by atoms with E-state index in [9.17, 15) is 0 Å². The Kier molecular flexibility index (Phi) is 1.74. The summed E-state index contributed by atoms with van der Waals surface area (Å²) in [5.41, 5.74) is 1.33. The summed E-state index contributed by atoms with van der Waals surface area (Å²) in [4.78, 5) is 0. The van der Waals surface area contributed by atoms with Crippen molar-refractivity contribution in [2.24, 2.45) is 0 Å². The second-order valence-corrected chi connectivity index (χ2v) is 3.08. The fourth-order valence-corrected chi connectivity index (χ4v) is 0.903. The van der Waals surface area contributed by atoms with E-state index in [-0.39, 0.29) is 0 Å². The van der Waals surface area contributed by atoms with Crippen LogP contribution in [0.25, 0.3) is 0 Å². The number of hydrogen-bond donors (Lipinski definition) is 0. The molecule has 0 saturated carbocycles. The van der Waals surface area contributed by atoms with Crippen LogP contribution in [-0.4, -0.2) is 16.5 Å². The summed E-state index contributed by atoms with van der Waals surface area (Å²) in [5, 5.41) is 0. The number of hydrogen-bond acceptors (Lipinski definition) is 0. The van der Waals surface area contributed by atoms with E-state index in [0.29, 0.717) is 0 Å². The molecule has 39 valence electrons. The maximum atomic E-state index is 2.12. The molecule has 0 atom stereocenters. The minimum atomic E-state index is 1.33. The first kappa shape index (κ1) is 5.89. The van der Waals surface area contributed by atoms with Gasteiger partial charge < -0.3 is 0 Å². The van der Waals surface area contributed by atoms with Gasteiger partial charge in [0, 0.05) is 0 Å². The van der Waals surface area contributed by atoms with E-state index in [1.807, 2.05) is 0 Å². The molecule has 3 radical (unpaired) electrons. The van der Waals surface area contributed by atoms with Gasteiger partial charge >= 0.3 is 57.7 Å². The van der Waals surface area contributed by atoms with Crippen LogP contribution < -0.4 is 4.40 Å². The summed E-state index contributed by atoms with van der Waals surface area (Å²) in [6.45, 7) is 2.10. The molecule has 8 heavy (non-hydrogen) atoms.